The Bertz CT molecular complexity index is 1450. The molecule has 0 saturated carbocycles. The highest BCUT2D eigenvalue weighted by molar-refractivity contribution is 8.00. The molecular weight excluding hydrogens is 573 g/mol. The molecule has 0 aliphatic carbocycles. The van der Waals surface area contributed by atoms with Crippen LogP contribution in [0.15, 0.2) is 41.4 Å². The van der Waals surface area contributed by atoms with Crippen molar-refractivity contribution in [3.05, 3.63) is 64.6 Å². The number of likely N-dealkylation sites (tertiary alicyclic amines) is 1. The number of methoxy groups -OCH3 is 1. The van der Waals surface area contributed by atoms with Crippen LogP contribution in [0.4, 0.5) is 13.2 Å². The number of nitrogens with zero attached hydrogens (tertiary/aromatic N) is 4. The minimum absolute atomic E-state index is 0.0132. The number of hydrogen-bond donors (Lipinski definition) is 1. The van der Waals surface area contributed by atoms with Gasteiger partial charge in [0.15, 0.2) is 23.2 Å². The van der Waals surface area contributed by atoms with Crippen LogP contribution in [0.1, 0.15) is 29.7 Å². The fourth-order valence-corrected chi connectivity index (χ4v) is 6.69. The summed E-state index contributed by atoms with van der Waals surface area (Å²) in [6.45, 7) is 2.82. The number of amides is 1. The van der Waals surface area contributed by atoms with Gasteiger partial charge >= 0.3 is 0 Å². The van der Waals surface area contributed by atoms with Gasteiger partial charge in [0.2, 0.25) is 0 Å². The molecule has 0 radical (unpaired) electrons. The number of fused-ring (bicyclic) bond motifs is 1. The van der Waals surface area contributed by atoms with Gasteiger partial charge in [0.05, 0.1) is 11.8 Å². The molecule has 0 bridgehead atoms. The van der Waals surface area contributed by atoms with Crippen LogP contribution in [0, 0.1) is 17.5 Å². The van der Waals surface area contributed by atoms with Gasteiger partial charge in [-0.15, -0.1) is 5.10 Å². The highest BCUT2D eigenvalue weighted by Gasteiger charge is 2.63. The lowest BCUT2D eigenvalue weighted by atomic mass is 9.87. The van der Waals surface area contributed by atoms with Crippen molar-refractivity contribution in [2.24, 2.45) is 0 Å². The van der Waals surface area contributed by atoms with Gasteiger partial charge in [0.1, 0.15) is 35.5 Å². The Hall–Kier alpha value is -2.68. The molecule has 1 aromatic heterocycles. The zero-order valence-electron chi connectivity index (χ0n) is 21.3. The number of rotatable bonds is 6. The first kappa shape index (κ1) is 27.5. The molecule has 14 heteroatoms. The van der Waals surface area contributed by atoms with Crippen LogP contribution in [-0.2, 0) is 14.2 Å². The Labute approximate surface area is 236 Å². The number of benzene rings is 2. The van der Waals surface area contributed by atoms with Gasteiger partial charge in [-0.3, -0.25) is 4.79 Å². The summed E-state index contributed by atoms with van der Waals surface area (Å²) < 4.78 is 60.5. The fraction of sp³-hybridized carbons (Fsp3) is 0.423. The van der Waals surface area contributed by atoms with Crippen LogP contribution >= 0.6 is 23.4 Å². The van der Waals surface area contributed by atoms with E-state index in [1.165, 1.54) is 36.7 Å². The van der Waals surface area contributed by atoms with Crippen molar-refractivity contribution < 1.29 is 37.3 Å². The van der Waals surface area contributed by atoms with E-state index < -0.39 is 53.0 Å². The number of thioether (sulfide) groups is 1. The highest BCUT2D eigenvalue weighted by Crippen LogP contribution is 2.50. The minimum atomic E-state index is -1.61. The monoisotopic (exact) mass is 596 g/mol. The molecule has 3 saturated heterocycles. The SMILES string of the molecule is COC1C(n2cc(-c3cc(F)c(F)c(F)c3)nn2)[C@H]2OC(C)(O)C2O[C@@H]1Sc1cc(Cl)ccc1C(=O)N1CCC1. The zero-order chi connectivity index (χ0) is 28.3. The molecule has 6 atom stereocenters. The van der Waals surface area contributed by atoms with Crippen LogP contribution in [0.25, 0.3) is 11.3 Å². The predicted molar refractivity (Wildman–Crippen MR) is 137 cm³/mol. The van der Waals surface area contributed by atoms with E-state index in [9.17, 15) is 23.1 Å². The van der Waals surface area contributed by atoms with E-state index in [-0.39, 0.29) is 17.2 Å². The molecular formula is C26H24ClF3N4O5S. The number of carbonyl (C=O) groups excluding carboxylic acids is 1. The van der Waals surface area contributed by atoms with Crippen molar-refractivity contribution in [1.82, 2.24) is 19.9 Å². The topological polar surface area (TPSA) is 98.9 Å². The van der Waals surface area contributed by atoms with E-state index in [0.717, 1.165) is 18.6 Å². The number of halogens is 4. The van der Waals surface area contributed by atoms with Crippen molar-refractivity contribution in [2.45, 2.75) is 53.8 Å². The number of ether oxygens (including phenoxy) is 3. The Morgan fingerprint density at radius 1 is 1.23 bits per heavy atom. The predicted octanol–water partition coefficient (Wildman–Crippen LogP) is 4.04. The summed E-state index contributed by atoms with van der Waals surface area (Å²) in [6, 6.07) is 5.95. The summed E-state index contributed by atoms with van der Waals surface area (Å²) in [5.41, 5.74) is -0.225. The summed E-state index contributed by atoms with van der Waals surface area (Å²) in [7, 11) is 1.47. The number of aliphatic hydroxyl groups is 1. The van der Waals surface area contributed by atoms with Gasteiger partial charge < -0.3 is 24.2 Å². The maximum atomic E-state index is 13.9. The first-order chi connectivity index (χ1) is 19.1. The fourth-order valence-electron chi connectivity index (χ4n) is 5.15. The second-order valence-electron chi connectivity index (χ2n) is 9.99. The molecule has 3 aliphatic heterocycles. The second-order valence-corrected chi connectivity index (χ2v) is 11.6. The summed E-state index contributed by atoms with van der Waals surface area (Å²) >= 11 is 7.51. The number of carbonyl (C=O) groups is 1. The summed E-state index contributed by atoms with van der Waals surface area (Å²) in [6.07, 6.45) is 0.111. The van der Waals surface area contributed by atoms with E-state index in [1.807, 2.05) is 0 Å². The van der Waals surface area contributed by atoms with Gasteiger partial charge in [-0.25, -0.2) is 17.9 Å². The molecule has 2 aromatic carbocycles. The van der Waals surface area contributed by atoms with Crippen LogP contribution < -0.4 is 0 Å². The van der Waals surface area contributed by atoms with E-state index in [0.29, 0.717) is 28.6 Å². The smallest absolute Gasteiger partial charge is 0.254 e. The van der Waals surface area contributed by atoms with E-state index in [1.54, 1.807) is 23.1 Å². The third-order valence-electron chi connectivity index (χ3n) is 7.35. The summed E-state index contributed by atoms with van der Waals surface area (Å²) in [4.78, 5) is 15.4. The quantitative estimate of drug-likeness (QED) is 0.426. The van der Waals surface area contributed by atoms with Crippen molar-refractivity contribution in [3.63, 3.8) is 0 Å². The lowest BCUT2D eigenvalue weighted by Gasteiger charge is -2.57. The number of hydrogen-bond acceptors (Lipinski definition) is 8. The van der Waals surface area contributed by atoms with Gasteiger partial charge in [-0.05, 0) is 43.7 Å². The molecule has 212 valence electrons. The van der Waals surface area contributed by atoms with E-state index in [4.69, 9.17) is 25.8 Å². The molecule has 0 spiro atoms. The third-order valence-corrected chi connectivity index (χ3v) is 8.79. The lowest BCUT2D eigenvalue weighted by Crippen LogP contribution is -2.72. The highest BCUT2D eigenvalue weighted by atomic mass is 35.5. The molecule has 1 N–H and O–H groups in total. The van der Waals surface area contributed by atoms with Crippen molar-refractivity contribution in [1.29, 1.82) is 0 Å². The van der Waals surface area contributed by atoms with Crippen LogP contribution in [-0.4, -0.2) is 80.6 Å². The molecule has 4 heterocycles. The average Bonchev–Trinajstić information content (AvgIpc) is 3.36. The lowest BCUT2D eigenvalue weighted by molar-refractivity contribution is -0.417. The maximum Gasteiger partial charge on any atom is 0.254 e. The van der Waals surface area contributed by atoms with E-state index in [2.05, 4.69) is 10.3 Å². The van der Waals surface area contributed by atoms with E-state index >= 15 is 0 Å². The molecule has 4 unspecified atom stereocenters. The van der Waals surface area contributed by atoms with Gasteiger partial charge in [-0.2, -0.15) is 0 Å². The van der Waals surface area contributed by atoms with Gasteiger partial charge in [0, 0.05) is 35.7 Å². The zero-order valence-corrected chi connectivity index (χ0v) is 22.8. The molecule has 3 fully saturated rings. The second kappa shape index (κ2) is 10.3. The molecule has 3 aliphatic rings. The summed E-state index contributed by atoms with van der Waals surface area (Å²) in [5, 5.41) is 19.3. The van der Waals surface area contributed by atoms with Gasteiger partial charge in [0.25, 0.3) is 5.91 Å². The molecule has 9 nitrogen and oxygen atoms in total. The van der Waals surface area contributed by atoms with Crippen LogP contribution in [0.5, 0.6) is 0 Å². The largest absolute Gasteiger partial charge is 0.375 e. The Balaban J connectivity index is 1.34. The average molecular weight is 597 g/mol. The summed E-state index contributed by atoms with van der Waals surface area (Å²) in [5.74, 6) is -6.03. The van der Waals surface area contributed by atoms with Crippen molar-refractivity contribution in [3.8, 4) is 11.3 Å². The van der Waals surface area contributed by atoms with Crippen LogP contribution in [0.3, 0.4) is 0 Å². The Kier molecular flexibility index (Phi) is 7.08. The van der Waals surface area contributed by atoms with Crippen molar-refractivity contribution in [2.75, 3.05) is 20.2 Å². The maximum absolute atomic E-state index is 13.9. The third kappa shape index (κ3) is 4.68. The first-order valence-electron chi connectivity index (χ1n) is 12.5. The molecule has 6 rings (SSSR count). The Morgan fingerprint density at radius 3 is 2.58 bits per heavy atom. The molecule has 1 amide bonds. The Morgan fingerprint density at radius 2 is 1.95 bits per heavy atom. The number of aromatic nitrogens is 3. The molecule has 3 aromatic rings. The normalized spacial score (nSPS) is 29.5. The minimum Gasteiger partial charge on any atom is -0.375 e. The standard InChI is InChI=1S/C26H24ClF3N4O5S/c1-26(36)23-21(39-26)20(34-11-17(31-32-34)12-8-15(28)19(30)16(29)9-12)22(37-2)25(38-23)40-18-10-13(27)4-5-14(18)24(35)33-6-3-7-33/h4-5,8-11,20-23,25,36H,3,6-7H2,1-2H3/t20?,21-,22?,23?,25-,26?/m1/s1. The first-order valence-corrected chi connectivity index (χ1v) is 13.7. The van der Waals surface area contributed by atoms with Gasteiger partial charge in [-0.1, -0.05) is 28.6 Å². The van der Waals surface area contributed by atoms with Crippen LogP contribution in [0.2, 0.25) is 5.02 Å². The van der Waals surface area contributed by atoms with Crippen molar-refractivity contribution >= 4 is 29.3 Å². The molecule has 40 heavy (non-hydrogen) atoms.